The SMILES string of the molecule is O=C(NCCCN1CCCC1=O)c1ccc2c(c1)CCO2. The highest BCUT2D eigenvalue weighted by Crippen LogP contribution is 2.25. The standard InChI is InChI=1S/C16H20N2O3/c19-15-3-1-8-18(15)9-2-7-17-16(20)13-4-5-14-12(11-13)6-10-21-14/h4-5,11H,1-3,6-10H2,(H,17,20). The van der Waals surface area contributed by atoms with E-state index >= 15 is 0 Å². The van der Waals surface area contributed by atoms with Crippen LogP contribution in [0.1, 0.15) is 35.2 Å². The first-order valence-electron chi connectivity index (χ1n) is 7.56. The lowest BCUT2D eigenvalue weighted by Gasteiger charge is -2.15. The summed E-state index contributed by atoms with van der Waals surface area (Å²) in [6.07, 6.45) is 3.30. The second-order valence-electron chi connectivity index (χ2n) is 5.51. The number of nitrogens with zero attached hydrogens (tertiary/aromatic N) is 1. The molecule has 3 rings (SSSR count). The van der Waals surface area contributed by atoms with Gasteiger partial charge in [0.2, 0.25) is 5.91 Å². The van der Waals surface area contributed by atoms with Crippen LogP contribution in [0.5, 0.6) is 5.75 Å². The number of carbonyl (C=O) groups is 2. The van der Waals surface area contributed by atoms with Gasteiger partial charge in [-0.2, -0.15) is 0 Å². The number of rotatable bonds is 5. The van der Waals surface area contributed by atoms with E-state index in [1.807, 2.05) is 17.0 Å². The van der Waals surface area contributed by atoms with Gasteiger partial charge < -0.3 is 15.0 Å². The average Bonchev–Trinajstić information content (AvgIpc) is 3.11. The van der Waals surface area contributed by atoms with Crippen molar-refractivity contribution in [3.05, 3.63) is 29.3 Å². The van der Waals surface area contributed by atoms with Gasteiger partial charge in [-0.25, -0.2) is 0 Å². The highest BCUT2D eigenvalue weighted by molar-refractivity contribution is 5.94. The predicted molar refractivity (Wildman–Crippen MR) is 78.4 cm³/mol. The molecule has 0 saturated carbocycles. The van der Waals surface area contributed by atoms with Gasteiger partial charge in [0.25, 0.3) is 5.91 Å². The van der Waals surface area contributed by atoms with Crippen molar-refractivity contribution in [3.63, 3.8) is 0 Å². The topological polar surface area (TPSA) is 58.6 Å². The zero-order chi connectivity index (χ0) is 14.7. The van der Waals surface area contributed by atoms with E-state index in [1.165, 1.54) is 0 Å². The van der Waals surface area contributed by atoms with Gasteiger partial charge in [-0.15, -0.1) is 0 Å². The van der Waals surface area contributed by atoms with Crippen LogP contribution in [0.3, 0.4) is 0 Å². The second kappa shape index (κ2) is 6.16. The zero-order valence-electron chi connectivity index (χ0n) is 12.1. The van der Waals surface area contributed by atoms with E-state index in [4.69, 9.17) is 4.74 Å². The van der Waals surface area contributed by atoms with E-state index in [2.05, 4.69) is 5.32 Å². The van der Waals surface area contributed by atoms with Crippen molar-refractivity contribution in [3.8, 4) is 5.75 Å². The second-order valence-corrected chi connectivity index (χ2v) is 5.51. The number of nitrogens with one attached hydrogen (secondary N) is 1. The summed E-state index contributed by atoms with van der Waals surface area (Å²) in [7, 11) is 0. The molecule has 0 aromatic heterocycles. The third-order valence-electron chi connectivity index (χ3n) is 4.01. The van der Waals surface area contributed by atoms with Gasteiger partial charge in [-0.1, -0.05) is 0 Å². The first kappa shape index (κ1) is 13.9. The maximum atomic E-state index is 12.1. The molecule has 1 fully saturated rings. The minimum Gasteiger partial charge on any atom is -0.493 e. The molecule has 1 saturated heterocycles. The number of amides is 2. The molecule has 5 nitrogen and oxygen atoms in total. The summed E-state index contributed by atoms with van der Waals surface area (Å²) in [5.41, 5.74) is 1.78. The third-order valence-corrected chi connectivity index (χ3v) is 4.01. The molecule has 0 atom stereocenters. The normalized spacial score (nSPS) is 16.8. The van der Waals surface area contributed by atoms with E-state index in [1.54, 1.807) is 6.07 Å². The molecule has 112 valence electrons. The van der Waals surface area contributed by atoms with Crippen LogP contribution in [0.15, 0.2) is 18.2 Å². The number of likely N-dealkylation sites (tertiary alicyclic amines) is 1. The van der Waals surface area contributed by atoms with Gasteiger partial charge in [0, 0.05) is 38.0 Å². The summed E-state index contributed by atoms with van der Waals surface area (Å²) in [4.78, 5) is 25.4. The Balaban J connectivity index is 1.45. The number of carbonyl (C=O) groups excluding carboxylic acids is 2. The average molecular weight is 288 g/mol. The Labute approximate surface area is 124 Å². The van der Waals surface area contributed by atoms with Crippen molar-refractivity contribution < 1.29 is 14.3 Å². The molecule has 0 spiro atoms. The lowest BCUT2D eigenvalue weighted by atomic mass is 10.1. The Morgan fingerprint density at radius 1 is 1.33 bits per heavy atom. The molecule has 0 aliphatic carbocycles. The maximum absolute atomic E-state index is 12.1. The molecular weight excluding hydrogens is 268 g/mol. The summed E-state index contributed by atoms with van der Waals surface area (Å²) >= 11 is 0. The molecule has 0 bridgehead atoms. The van der Waals surface area contributed by atoms with Crippen LogP contribution < -0.4 is 10.1 Å². The van der Waals surface area contributed by atoms with E-state index in [-0.39, 0.29) is 11.8 Å². The summed E-state index contributed by atoms with van der Waals surface area (Å²) < 4.78 is 5.43. The van der Waals surface area contributed by atoms with Gasteiger partial charge in [0.15, 0.2) is 0 Å². The Kier molecular flexibility index (Phi) is 4.08. The van der Waals surface area contributed by atoms with Crippen LogP contribution in [0.25, 0.3) is 0 Å². The van der Waals surface area contributed by atoms with Crippen LogP contribution >= 0.6 is 0 Å². The third kappa shape index (κ3) is 3.17. The van der Waals surface area contributed by atoms with Gasteiger partial charge >= 0.3 is 0 Å². The Morgan fingerprint density at radius 3 is 3.05 bits per heavy atom. The van der Waals surface area contributed by atoms with Crippen LogP contribution in [0, 0.1) is 0 Å². The molecule has 2 heterocycles. The van der Waals surface area contributed by atoms with Crippen molar-refractivity contribution in [1.29, 1.82) is 0 Å². The number of hydrogen-bond donors (Lipinski definition) is 1. The molecule has 0 radical (unpaired) electrons. The summed E-state index contributed by atoms with van der Waals surface area (Å²) in [6, 6.07) is 5.56. The smallest absolute Gasteiger partial charge is 0.251 e. The molecule has 1 aromatic rings. The number of fused-ring (bicyclic) bond motifs is 1. The first-order valence-corrected chi connectivity index (χ1v) is 7.56. The number of benzene rings is 1. The highest BCUT2D eigenvalue weighted by Gasteiger charge is 2.19. The van der Waals surface area contributed by atoms with E-state index in [9.17, 15) is 9.59 Å². The molecule has 2 amide bonds. The summed E-state index contributed by atoms with van der Waals surface area (Å²) in [5.74, 6) is 1.07. The minimum atomic E-state index is -0.0579. The maximum Gasteiger partial charge on any atom is 0.251 e. The van der Waals surface area contributed by atoms with Crippen molar-refractivity contribution in [2.75, 3.05) is 26.2 Å². The molecule has 21 heavy (non-hydrogen) atoms. The quantitative estimate of drug-likeness (QED) is 0.832. The molecule has 0 unspecified atom stereocenters. The lowest BCUT2D eigenvalue weighted by Crippen LogP contribution is -2.30. The van der Waals surface area contributed by atoms with Crippen LogP contribution in [0.2, 0.25) is 0 Å². The number of hydrogen-bond acceptors (Lipinski definition) is 3. The molecule has 5 heteroatoms. The van der Waals surface area contributed by atoms with Crippen LogP contribution in [-0.4, -0.2) is 43.0 Å². The fourth-order valence-corrected chi connectivity index (χ4v) is 2.84. The van der Waals surface area contributed by atoms with Gasteiger partial charge in [0.1, 0.15) is 5.75 Å². The molecule has 1 N–H and O–H groups in total. The zero-order valence-corrected chi connectivity index (χ0v) is 12.1. The van der Waals surface area contributed by atoms with E-state index < -0.39 is 0 Å². The van der Waals surface area contributed by atoms with E-state index in [0.29, 0.717) is 25.1 Å². The fourth-order valence-electron chi connectivity index (χ4n) is 2.84. The lowest BCUT2D eigenvalue weighted by molar-refractivity contribution is -0.127. The van der Waals surface area contributed by atoms with Crippen molar-refractivity contribution in [2.45, 2.75) is 25.7 Å². The Bertz CT molecular complexity index is 556. The van der Waals surface area contributed by atoms with Gasteiger partial charge in [-0.3, -0.25) is 9.59 Å². The van der Waals surface area contributed by atoms with E-state index in [0.717, 1.165) is 43.7 Å². The summed E-state index contributed by atoms with van der Waals surface area (Å²) in [6.45, 7) is 2.88. The van der Waals surface area contributed by atoms with Gasteiger partial charge in [0.05, 0.1) is 6.61 Å². The molecular formula is C16H20N2O3. The fraction of sp³-hybridized carbons (Fsp3) is 0.500. The Hall–Kier alpha value is -2.04. The molecule has 2 aliphatic rings. The minimum absolute atomic E-state index is 0.0579. The highest BCUT2D eigenvalue weighted by atomic mass is 16.5. The molecule has 2 aliphatic heterocycles. The van der Waals surface area contributed by atoms with Crippen LogP contribution in [0.4, 0.5) is 0 Å². The predicted octanol–water partition coefficient (Wildman–Crippen LogP) is 1.36. The largest absolute Gasteiger partial charge is 0.493 e. The van der Waals surface area contributed by atoms with Crippen molar-refractivity contribution in [1.82, 2.24) is 10.2 Å². The van der Waals surface area contributed by atoms with Crippen molar-refractivity contribution >= 4 is 11.8 Å². The Morgan fingerprint density at radius 2 is 2.24 bits per heavy atom. The van der Waals surface area contributed by atoms with Crippen molar-refractivity contribution in [2.24, 2.45) is 0 Å². The monoisotopic (exact) mass is 288 g/mol. The first-order chi connectivity index (χ1) is 10.2. The van der Waals surface area contributed by atoms with Gasteiger partial charge in [-0.05, 0) is 36.6 Å². The summed E-state index contributed by atoms with van der Waals surface area (Å²) in [5, 5.41) is 2.91. The van der Waals surface area contributed by atoms with Crippen LogP contribution in [-0.2, 0) is 11.2 Å². The number of ether oxygens (including phenoxy) is 1. The molecule has 1 aromatic carbocycles.